The third-order valence-corrected chi connectivity index (χ3v) is 4.12. The van der Waals surface area contributed by atoms with Crippen molar-refractivity contribution in [1.82, 2.24) is 9.97 Å². The average molecular weight is 406 g/mol. The highest BCUT2D eigenvalue weighted by Gasteiger charge is 2.24. The molecule has 0 radical (unpaired) electrons. The number of hydrogen-bond acceptors (Lipinski definition) is 6. The topological polar surface area (TPSA) is 107 Å². The Morgan fingerprint density at radius 2 is 1.86 bits per heavy atom. The number of nitrogens with one attached hydrogen (secondary N) is 1. The van der Waals surface area contributed by atoms with Gasteiger partial charge in [-0.3, -0.25) is 14.9 Å². The Morgan fingerprint density at radius 1 is 1.21 bits per heavy atom. The van der Waals surface area contributed by atoms with E-state index >= 15 is 0 Å². The van der Waals surface area contributed by atoms with Gasteiger partial charge in [0.05, 0.1) is 23.8 Å². The molecular weight excluding hydrogens is 393 g/mol. The molecule has 3 aromatic rings. The molecule has 0 aliphatic rings. The highest BCUT2D eigenvalue weighted by atomic mass is 35.5. The lowest BCUT2D eigenvalue weighted by Crippen LogP contribution is -2.12. The monoisotopic (exact) mass is 405 g/mol. The molecule has 1 N–H and O–H groups in total. The van der Waals surface area contributed by atoms with Crippen molar-refractivity contribution in [3.8, 4) is 28.5 Å². The van der Waals surface area contributed by atoms with E-state index in [4.69, 9.17) is 21.1 Å². The van der Waals surface area contributed by atoms with Crippen molar-refractivity contribution < 1.29 is 18.8 Å². The largest absolute Gasteiger partial charge is 0.497 e. The summed E-state index contributed by atoms with van der Waals surface area (Å²) in [4.78, 5) is 28.8. The van der Waals surface area contributed by atoms with Crippen LogP contribution in [-0.2, 0) is 0 Å². The molecule has 3 rings (SSSR count). The number of hydrogen-bond donors (Lipinski definition) is 1. The number of nitro benzene ring substituents is 1. The van der Waals surface area contributed by atoms with Gasteiger partial charge in [-0.2, -0.15) is 0 Å². The molecule has 0 bridgehead atoms. The summed E-state index contributed by atoms with van der Waals surface area (Å²) in [6.07, 6.45) is 0. The van der Waals surface area contributed by atoms with Crippen LogP contribution in [-0.4, -0.2) is 22.0 Å². The van der Waals surface area contributed by atoms with E-state index in [1.807, 2.05) is 0 Å². The van der Waals surface area contributed by atoms with Gasteiger partial charge in [-0.25, -0.2) is 9.37 Å². The third-order valence-electron chi connectivity index (χ3n) is 3.77. The van der Waals surface area contributed by atoms with E-state index in [1.165, 1.54) is 26.2 Å². The molecule has 0 saturated carbocycles. The van der Waals surface area contributed by atoms with E-state index in [9.17, 15) is 19.3 Å². The highest BCUT2D eigenvalue weighted by Crippen LogP contribution is 2.38. The molecule has 0 spiro atoms. The van der Waals surface area contributed by atoms with Gasteiger partial charge in [0.1, 0.15) is 28.2 Å². The molecular formula is C18H13ClFN3O5. The fourth-order valence-electron chi connectivity index (χ4n) is 2.47. The van der Waals surface area contributed by atoms with Gasteiger partial charge in [-0.15, -0.1) is 0 Å². The SMILES string of the molecule is COc1ccc(Oc2cc(-c3nc(C)[nH]c(=O)c3Cl)c(F)cc2[N+](=O)[O-])cc1. The zero-order chi connectivity index (χ0) is 20.4. The lowest BCUT2D eigenvalue weighted by atomic mass is 10.1. The fraction of sp³-hybridized carbons (Fsp3) is 0.111. The number of methoxy groups -OCH3 is 1. The van der Waals surface area contributed by atoms with Gasteiger partial charge in [-0.1, -0.05) is 11.6 Å². The molecule has 0 aliphatic carbocycles. The van der Waals surface area contributed by atoms with Crippen LogP contribution in [0.2, 0.25) is 5.02 Å². The van der Waals surface area contributed by atoms with Crippen molar-refractivity contribution in [3.05, 3.63) is 73.5 Å². The first-order valence-electron chi connectivity index (χ1n) is 7.86. The lowest BCUT2D eigenvalue weighted by molar-refractivity contribution is -0.385. The molecule has 1 aromatic heterocycles. The number of aryl methyl sites for hydroxylation is 1. The number of aromatic amines is 1. The highest BCUT2D eigenvalue weighted by molar-refractivity contribution is 6.32. The van der Waals surface area contributed by atoms with Crippen LogP contribution in [0.4, 0.5) is 10.1 Å². The maximum Gasteiger partial charge on any atom is 0.314 e. The Balaban J connectivity index is 2.15. The van der Waals surface area contributed by atoms with Crippen molar-refractivity contribution >= 4 is 17.3 Å². The van der Waals surface area contributed by atoms with Gasteiger partial charge in [0, 0.05) is 11.6 Å². The minimum absolute atomic E-state index is 0.144. The normalized spacial score (nSPS) is 10.6. The van der Waals surface area contributed by atoms with E-state index in [1.54, 1.807) is 12.1 Å². The number of ether oxygens (including phenoxy) is 2. The summed E-state index contributed by atoms with van der Waals surface area (Å²) < 4.78 is 25.2. The average Bonchev–Trinajstić information content (AvgIpc) is 2.66. The second-order valence-corrected chi connectivity index (χ2v) is 6.03. The number of nitrogens with zero attached hydrogens (tertiary/aromatic N) is 2. The summed E-state index contributed by atoms with van der Waals surface area (Å²) in [7, 11) is 1.49. The van der Waals surface area contributed by atoms with Crippen LogP contribution >= 0.6 is 11.6 Å². The first-order valence-corrected chi connectivity index (χ1v) is 8.24. The van der Waals surface area contributed by atoms with Crippen molar-refractivity contribution in [1.29, 1.82) is 0 Å². The predicted octanol–water partition coefficient (Wildman–Crippen LogP) is 4.25. The minimum atomic E-state index is -0.965. The standard InChI is InChI=1S/C18H13ClFN3O5/c1-9-21-17(16(19)18(24)22-9)12-7-15(14(23(25)26)8-13(12)20)28-11-5-3-10(27-2)4-6-11/h3-8H,1-2H3,(H,21,22,24). The number of benzene rings is 2. The first kappa shape index (κ1) is 19.3. The van der Waals surface area contributed by atoms with E-state index in [0.29, 0.717) is 11.8 Å². The maximum absolute atomic E-state index is 14.6. The van der Waals surface area contributed by atoms with Crippen molar-refractivity contribution in [2.45, 2.75) is 6.92 Å². The summed E-state index contributed by atoms with van der Waals surface area (Å²) in [5.74, 6) is -0.158. The Kier molecular flexibility index (Phi) is 5.27. The van der Waals surface area contributed by atoms with E-state index in [2.05, 4.69) is 9.97 Å². The smallest absolute Gasteiger partial charge is 0.314 e. The Bertz CT molecular complexity index is 1120. The number of halogens is 2. The van der Waals surface area contributed by atoms with E-state index < -0.39 is 22.0 Å². The summed E-state index contributed by atoms with van der Waals surface area (Å²) >= 11 is 5.96. The second-order valence-electron chi connectivity index (χ2n) is 5.65. The molecule has 2 aromatic carbocycles. The summed E-state index contributed by atoms with van der Waals surface area (Å²) in [5.41, 5.74) is -1.59. The molecule has 8 nitrogen and oxygen atoms in total. The number of H-pyrrole nitrogens is 1. The van der Waals surface area contributed by atoms with Gasteiger partial charge in [0.2, 0.25) is 5.75 Å². The number of aromatic nitrogens is 2. The second kappa shape index (κ2) is 7.65. The van der Waals surface area contributed by atoms with Gasteiger partial charge in [-0.05, 0) is 31.2 Å². The summed E-state index contributed by atoms with van der Waals surface area (Å²) in [6, 6.07) is 8.06. The van der Waals surface area contributed by atoms with Gasteiger partial charge in [0.15, 0.2) is 0 Å². The van der Waals surface area contributed by atoms with Crippen LogP contribution < -0.4 is 15.0 Å². The molecule has 0 atom stereocenters. The van der Waals surface area contributed by atoms with Gasteiger partial charge < -0.3 is 14.5 Å². The number of rotatable bonds is 5. The van der Waals surface area contributed by atoms with Crippen LogP contribution in [0.3, 0.4) is 0 Å². The van der Waals surface area contributed by atoms with Crippen molar-refractivity contribution in [2.24, 2.45) is 0 Å². The first-order chi connectivity index (χ1) is 13.3. The zero-order valence-electron chi connectivity index (χ0n) is 14.7. The Hall–Kier alpha value is -3.46. The van der Waals surface area contributed by atoms with Crippen LogP contribution in [0.25, 0.3) is 11.3 Å². The molecule has 0 saturated heterocycles. The molecule has 28 heavy (non-hydrogen) atoms. The van der Waals surface area contributed by atoms with Crippen LogP contribution in [0.5, 0.6) is 17.2 Å². The molecule has 1 heterocycles. The van der Waals surface area contributed by atoms with E-state index in [0.717, 1.165) is 6.07 Å². The molecule has 144 valence electrons. The van der Waals surface area contributed by atoms with Crippen LogP contribution in [0.15, 0.2) is 41.2 Å². The van der Waals surface area contributed by atoms with E-state index in [-0.39, 0.29) is 33.6 Å². The minimum Gasteiger partial charge on any atom is -0.497 e. The fourth-order valence-corrected chi connectivity index (χ4v) is 2.66. The summed E-state index contributed by atoms with van der Waals surface area (Å²) in [5, 5.41) is 11.0. The van der Waals surface area contributed by atoms with Crippen LogP contribution in [0.1, 0.15) is 5.82 Å². The van der Waals surface area contributed by atoms with Gasteiger partial charge in [0.25, 0.3) is 5.56 Å². The number of nitro groups is 1. The Morgan fingerprint density at radius 3 is 2.46 bits per heavy atom. The molecule has 0 aliphatic heterocycles. The van der Waals surface area contributed by atoms with Crippen LogP contribution in [0, 0.1) is 22.9 Å². The molecule has 10 heteroatoms. The predicted molar refractivity (Wildman–Crippen MR) is 99.7 cm³/mol. The maximum atomic E-state index is 14.6. The van der Waals surface area contributed by atoms with Gasteiger partial charge >= 0.3 is 5.69 Å². The molecule has 0 fully saturated rings. The quantitative estimate of drug-likeness (QED) is 0.502. The lowest BCUT2D eigenvalue weighted by Gasteiger charge is -2.11. The molecule has 0 amide bonds. The third kappa shape index (κ3) is 3.79. The summed E-state index contributed by atoms with van der Waals surface area (Å²) in [6.45, 7) is 1.50. The molecule has 0 unspecified atom stereocenters. The Labute approximate surface area is 162 Å². The van der Waals surface area contributed by atoms with Crippen molar-refractivity contribution in [2.75, 3.05) is 7.11 Å². The van der Waals surface area contributed by atoms with Crippen molar-refractivity contribution in [3.63, 3.8) is 0 Å². The zero-order valence-corrected chi connectivity index (χ0v) is 15.4.